The van der Waals surface area contributed by atoms with Crippen molar-refractivity contribution in [3.05, 3.63) is 23.8 Å². The Morgan fingerprint density at radius 2 is 2.05 bits per heavy atom. The highest BCUT2D eigenvalue weighted by Gasteiger charge is 2.30. The van der Waals surface area contributed by atoms with Gasteiger partial charge in [0.05, 0.1) is 23.5 Å². The molecule has 0 atom stereocenters. The maximum atomic E-state index is 12.4. The van der Waals surface area contributed by atoms with E-state index in [1.54, 1.807) is 0 Å². The van der Waals surface area contributed by atoms with E-state index in [9.17, 15) is 18.0 Å². The second kappa shape index (κ2) is 4.99. The number of amides is 1. The van der Waals surface area contributed by atoms with E-state index in [0.29, 0.717) is 5.69 Å². The summed E-state index contributed by atoms with van der Waals surface area (Å²) in [4.78, 5) is 11.4. The van der Waals surface area contributed by atoms with Gasteiger partial charge in [0.25, 0.3) is 0 Å². The SMILES string of the molecule is Nc1cc(C(F)(F)F)ccc1NCC(=O)NC1CC1. The van der Waals surface area contributed by atoms with E-state index in [1.165, 1.54) is 6.07 Å². The van der Waals surface area contributed by atoms with E-state index in [1.807, 2.05) is 0 Å². The summed E-state index contributed by atoms with van der Waals surface area (Å²) in [6.45, 7) is -0.00787. The number of halogens is 3. The fraction of sp³-hybridized carbons (Fsp3) is 0.417. The van der Waals surface area contributed by atoms with Gasteiger partial charge in [0.1, 0.15) is 0 Å². The van der Waals surface area contributed by atoms with Gasteiger partial charge in [-0.25, -0.2) is 0 Å². The van der Waals surface area contributed by atoms with Crippen LogP contribution in [0.2, 0.25) is 0 Å². The van der Waals surface area contributed by atoms with Gasteiger partial charge < -0.3 is 16.4 Å². The van der Waals surface area contributed by atoms with Crippen molar-refractivity contribution < 1.29 is 18.0 Å². The number of anilines is 2. The van der Waals surface area contributed by atoms with E-state index in [0.717, 1.165) is 25.0 Å². The molecular weight excluding hydrogens is 259 g/mol. The normalized spacial score (nSPS) is 15.1. The van der Waals surface area contributed by atoms with Gasteiger partial charge in [-0.2, -0.15) is 13.2 Å². The van der Waals surface area contributed by atoms with Gasteiger partial charge in [0.2, 0.25) is 5.91 Å². The van der Waals surface area contributed by atoms with E-state index in [-0.39, 0.29) is 24.2 Å². The van der Waals surface area contributed by atoms with Gasteiger partial charge in [-0.3, -0.25) is 4.79 Å². The van der Waals surface area contributed by atoms with Crippen molar-refractivity contribution in [1.29, 1.82) is 0 Å². The van der Waals surface area contributed by atoms with Crippen LogP contribution in [0, 0.1) is 0 Å². The number of nitrogens with two attached hydrogens (primary N) is 1. The minimum Gasteiger partial charge on any atom is -0.397 e. The minimum atomic E-state index is -4.42. The van der Waals surface area contributed by atoms with Crippen LogP contribution >= 0.6 is 0 Å². The third kappa shape index (κ3) is 3.77. The first-order valence-corrected chi connectivity index (χ1v) is 5.86. The summed E-state index contributed by atoms with van der Waals surface area (Å²) in [7, 11) is 0. The Labute approximate surface area is 108 Å². The average molecular weight is 273 g/mol. The number of nitrogen functional groups attached to an aromatic ring is 1. The molecule has 0 saturated heterocycles. The van der Waals surface area contributed by atoms with Crippen LogP contribution in [0.4, 0.5) is 24.5 Å². The largest absolute Gasteiger partial charge is 0.416 e. The van der Waals surface area contributed by atoms with Gasteiger partial charge in [-0.05, 0) is 31.0 Å². The van der Waals surface area contributed by atoms with E-state index >= 15 is 0 Å². The molecule has 1 aromatic rings. The van der Waals surface area contributed by atoms with Crippen LogP contribution in [0.1, 0.15) is 18.4 Å². The molecular formula is C12H14F3N3O. The summed E-state index contributed by atoms with van der Waals surface area (Å²) in [5.74, 6) is -0.193. The topological polar surface area (TPSA) is 67.1 Å². The Morgan fingerprint density at radius 3 is 2.58 bits per heavy atom. The third-order valence-corrected chi connectivity index (χ3v) is 2.76. The first-order chi connectivity index (χ1) is 8.86. The number of benzene rings is 1. The van der Waals surface area contributed by atoms with E-state index in [2.05, 4.69) is 10.6 Å². The molecule has 1 amide bonds. The van der Waals surface area contributed by atoms with Gasteiger partial charge in [0, 0.05) is 6.04 Å². The molecule has 4 nitrogen and oxygen atoms in total. The zero-order valence-corrected chi connectivity index (χ0v) is 10.1. The number of carbonyl (C=O) groups excluding carboxylic acids is 1. The highest BCUT2D eigenvalue weighted by molar-refractivity contribution is 5.82. The van der Waals surface area contributed by atoms with Crippen LogP contribution in [0.25, 0.3) is 0 Å². The van der Waals surface area contributed by atoms with E-state index in [4.69, 9.17) is 5.73 Å². The van der Waals surface area contributed by atoms with E-state index < -0.39 is 11.7 Å². The van der Waals surface area contributed by atoms with Crippen molar-refractivity contribution in [2.75, 3.05) is 17.6 Å². The summed E-state index contributed by atoms with van der Waals surface area (Å²) >= 11 is 0. The maximum absolute atomic E-state index is 12.4. The average Bonchev–Trinajstić information content (AvgIpc) is 3.10. The second-order valence-electron chi connectivity index (χ2n) is 4.50. The molecule has 0 heterocycles. The summed E-state index contributed by atoms with van der Waals surface area (Å²) in [5.41, 5.74) is 5.00. The number of rotatable bonds is 4. The van der Waals surface area contributed by atoms with Crippen LogP contribution in [0.3, 0.4) is 0 Å². The van der Waals surface area contributed by atoms with Crippen molar-refractivity contribution >= 4 is 17.3 Å². The van der Waals surface area contributed by atoms with Crippen LogP contribution < -0.4 is 16.4 Å². The lowest BCUT2D eigenvalue weighted by atomic mass is 10.1. The van der Waals surface area contributed by atoms with Gasteiger partial charge in [-0.15, -0.1) is 0 Å². The molecule has 7 heteroatoms. The van der Waals surface area contributed by atoms with Gasteiger partial charge in [-0.1, -0.05) is 0 Å². The van der Waals surface area contributed by atoms with Gasteiger partial charge in [0.15, 0.2) is 0 Å². The van der Waals surface area contributed by atoms with Crippen molar-refractivity contribution in [3.63, 3.8) is 0 Å². The fourth-order valence-corrected chi connectivity index (χ4v) is 1.58. The number of hydrogen-bond donors (Lipinski definition) is 3. The fourth-order valence-electron chi connectivity index (χ4n) is 1.58. The molecule has 19 heavy (non-hydrogen) atoms. The standard InChI is InChI=1S/C12H14F3N3O/c13-12(14,15)7-1-4-10(9(16)5-7)17-6-11(19)18-8-2-3-8/h1,4-5,8,17H,2-3,6,16H2,(H,18,19). The molecule has 1 aliphatic carbocycles. The second-order valence-corrected chi connectivity index (χ2v) is 4.50. The first kappa shape index (κ1) is 13.5. The molecule has 0 unspecified atom stereocenters. The molecule has 0 bridgehead atoms. The summed E-state index contributed by atoms with van der Waals surface area (Å²) in [6, 6.07) is 3.25. The summed E-state index contributed by atoms with van der Waals surface area (Å²) in [6.07, 6.45) is -2.46. The zero-order chi connectivity index (χ0) is 14.0. The maximum Gasteiger partial charge on any atom is 0.416 e. The Balaban J connectivity index is 1.94. The monoisotopic (exact) mass is 273 g/mol. The van der Waals surface area contributed by atoms with Crippen LogP contribution in [-0.2, 0) is 11.0 Å². The zero-order valence-electron chi connectivity index (χ0n) is 10.1. The molecule has 2 rings (SSSR count). The van der Waals surface area contributed by atoms with Gasteiger partial charge >= 0.3 is 6.18 Å². The molecule has 0 aliphatic heterocycles. The molecule has 0 aromatic heterocycles. The summed E-state index contributed by atoms with van der Waals surface area (Å²) in [5, 5.41) is 5.48. The Hall–Kier alpha value is -1.92. The molecule has 1 aromatic carbocycles. The number of hydrogen-bond acceptors (Lipinski definition) is 3. The Kier molecular flexibility index (Phi) is 3.55. The van der Waals surface area contributed by atoms with Crippen LogP contribution in [0.5, 0.6) is 0 Å². The quantitative estimate of drug-likeness (QED) is 0.735. The molecule has 0 spiro atoms. The number of alkyl halides is 3. The Morgan fingerprint density at radius 1 is 1.37 bits per heavy atom. The van der Waals surface area contributed by atoms with Crippen LogP contribution in [0.15, 0.2) is 18.2 Å². The van der Waals surface area contributed by atoms with Crippen molar-refractivity contribution in [2.24, 2.45) is 0 Å². The van der Waals surface area contributed by atoms with Crippen molar-refractivity contribution in [1.82, 2.24) is 5.32 Å². The Bertz CT molecular complexity index is 484. The number of carbonyl (C=O) groups is 1. The summed E-state index contributed by atoms with van der Waals surface area (Å²) < 4.78 is 37.3. The minimum absolute atomic E-state index is 0.00787. The van der Waals surface area contributed by atoms with Crippen molar-refractivity contribution in [2.45, 2.75) is 25.1 Å². The lowest BCUT2D eigenvalue weighted by Crippen LogP contribution is -2.31. The lowest BCUT2D eigenvalue weighted by Gasteiger charge is -2.12. The smallest absolute Gasteiger partial charge is 0.397 e. The third-order valence-electron chi connectivity index (χ3n) is 2.76. The molecule has 4 N–H and O–H groups in total. The highest BCUT2D eigenvalue weighted by atomic mass is 19.4. The van der Waals surface area contributed by atoms with Crippen molar-refractivity contribution in [3.8, 4) is 0 Å². The molecule has 1 aliphatic rings. The van der Waals surface area contributed by atoms with Crippen LogP contribution in [-0.4, -0.2) is 18.5 Å². The lowest BCUT2D eigenvalue weighted by molar-refractivity contribution is -0.137. The molecule has 104 valence electrons. The predicted octanol–water partition coefficient (Wildman–Crippen LogP) is 1.98. The molecule has 1 saturated carbocycles. The number of nitrogens with one attached hydrogen (secondary N) is 2. The first-order valence-electron chi connectivity index (χ1n) is 5.86. The molecule has 1 fully saturated rings. The highest BCUT2D eigenvalue weighted by Crippen LogP contribution is 2.32. The predicted molar refractivity (Wildman–Crippen MR) is 65.5 cm³/mol. The molecule has 0 radical (unpaired) electrons.